The van der Waals surface area contributed by atoms with Gasteiger partial charge in [0.15, 0.2) is 0 Å². The number of nitrogens with one attached hydrogen (secondary N) is 1. The van der Waals surface area contributed by atoms with Crippen molar-refractivity contribution >= 4 is 51.8 Å². The number of fused-ring (bicyclic) bond motifs is 1. The number of hydrogen-bond acceptors (Lipinski definition) is 6. The number of allylic oxidation sites excluding steroid dienone is 1. The van der Waals surface area contributed by atoms with E-state index in [-0.39, 0.29) is 119 Å². The van der Waals surface area contributed by atoms with Crippen molar-refractivity contribution in [1.29, 1.82) is 0 Å². The fourth-order valence-corrected chi connectivity index (χ4v) is 3.93. The second-order valence-electron chi connectivity index (χ2n) is 4.96. The van der Waals surface area contributed by atoms with Crippen LogP contribution in [0, 0.1) is 5.75 Å². The number of ketones is 2. The van der Waals surface area contributed by atoms with Crippen LogP contribution in [0.5, 0.6) is 0 Å². The fourth-order valence-electron chi connectivity index (χ4n) is 1.84. The van der Waals surface area contributed by atoms with Gasteiger partial charge in [-0.3, -0.25) is 11.8 Å². The molecular formula is C14H12N2O2S2W2Y2-2. The Hall–Kier alpha value is 2.18. The zero-order chi connectivity index (χ0) is 14.5. The van der Waals surface area contributed by atoms with E-state index in [1.54, 1.807) is 19.9 Å². The molecule has 1 aliphatic carbocycles. The first-order chi connectivity index (χ1) is 9.39. The topological polar surface area (TPSA) is 59.1 Å². The van der Waals surface area contributed by atoms with Crippen LogP contribution in [0.4, 0.5) is 0 Å². The second kappa shape index (κ2) is 11.3. The first-order valence-electron chi connectivity index (χ1n) is 6.07. The van der Waals surface area contributed by atoms with Crippen molar-refractivity contribution in [3.05, 3.63) is 26.2 Å². The number of aromatic nitrogens is 1. The van der Waals surface area contributed by atoms with E-state index in [1.807, 2.05) is 12.7 Å². The molecule has 0 amide bonds. The second-order valence-corrected chi connectivity index (χ2v) is 6.84. The molecule has 1 atom stereocenters. The minimum Gasteiger partial charge on any atom is -0.396 e. The standard InChI is InChI=1S/C14H12N2O2S2.2W.2Y/c1-7-4-9-11(5-10(7)18)20-12(15-9)13-16-14(3,6-19-13)8(2)17;;;;/h4,6,16H,1-3H3;;;;/q-2;;;;. The van der Waals surface area contributed by atoms with Crippen LogP contribution in [0.15, 0.2) is 5.57 Å². The van der Waals surface area contributed by atoms with Crippen LogP contribution in [0.2, 0.25) is 0 Å². The van der Waals surface area contributed by atoms with E-state index < -0.39 is 5.54 Å². The average molecular weight is 850 g/mol. The smallest absolute Gasteiger partial charge is 0.129 e. The number of Topliss-reactive ketones (excluding diaryl/α,β-unsaturated/α-hetero) is 2. The van der Waals surface area contributed by atoms with Crippen molar-refractivity contribution in [2.45, 2.75) is 26.3 Å². The van der Waals surface area contributed by atoms with Gasteiger partial charge in [-0.25, -0.2) is 5.75 Å². The molecule has 0 bridgehead atoms. The summed E-state index contributed by atoms with van der Waals surface area (Å²) in [6, 6.07) is 0. The number of rotatable bonds is 1. The molecule has 24 heavy (non-hydrogen) atoms. The Morgan fingerprint density at radius 3 is 2.54 bits per heavy atom. The Morgan fingerprint density at radius 1 is 1.38 bits per heavy atom. The van der Waals surface area contributed by atoms with Crippen molar-refractivity contribution in [3.63, 3.8) is 0 Å². The zero-order valence-corrected chi connectivity index (χ0v) is 26.4. The number of carbonyl (C=O) groups is 2. The van der Waals surface area contributed by atoms with Gasteiger partial charge < -0.3 is 19.9 Å². The molecule has 1 aliphatic heterocycles. The number of nitrogens with zero attached hydrogens (tertiary/aromatic N) is 1. The molecule has 10 heteroatoms. The van der Waals surface area contributed by atoms with Crippen molar-refractivity contribution in [1.82, 2.24) is 10.3 Å². The Labute approximate surface area is 228 Å². The minimum absolute atomic E-state index is 0. The van der Waals surface area contributed by atoms with E-state index in [9.17, 15) is 9.59 Å². The van der Waals surface area contributed by atoms with Crippen LogP contribution >= 0.6 is 23.1 Å². The van der Waals surface area contributed by atoms with Gasteiger partial charge in [-0.1, -0.05) is 18.4 Å². The Morgan fingerprint density at radius 2 is 2.00 bits per heavy atom. The Balaban J connectivity index is 0. The summed E-state index contributed by atoms with van der Waals surface area (Å²) in [5.74, 6) is 1.85. The van der Waals surface area contributed by atoms with E-state index in [0.29, 0.717) is 5.57 Å². The molecule has 0 aromatic carbocycles. The predicted molar refractivity (Wildman–Crippen MR) is 81.0 cm³/mol. The van der Waals surface area contributed by atoms with Crippen LogP contribution in [0.3, 0.4) is 0 Å². The van der Waals surface area contributed by atoms with Crippen molar-refractivity contribution < 1.29 is 117 Å². The Bertz CT molecular complexity index is 795. The first kappa shape index (κ1) is 28.4. The van der Waals surface area contributed by atoms with Crippen molar-refractivity contribution in [2.75, 3.05) is 0 Å². The van der Waals surface area contributed by atoms with Crippen LogP contribution < -0.4 is 14.5 Å². The summed E-state index contributed by atoms with van der Waals surface area (Å²) >= 11 is 2.88. The monoisotopic (exact) mass is 850 g/mol. The molecule has 1 N–H and O–H groups in total. The van der Waals surface area contributed by atoms with Gasteiger partial charge >= 0.3 is 0 Å². The molecule has 2 heterocycles. The fraction of sp³-hybridized carbons (Fsp3) is 0.286. The molecule has 0 spiro atoms. The Kier molecular flexibility index (Phi) is 13.3. The normalized spacial score (nSPS) is 23.0. The van der Waals surface area contributed by atoms with Gasteiger partial charge in [0.2, 0.25) is 0 Å². The van der Waals surface area contributed by atoms with E-state index in [4.69, 9.17) is 0 Å². The minimum atomic E-state index is -0.652. The maximum Gasteiger partial charge on any atom is 0.129 e. The maximum absolute atomic E-state index is 11.6. The summed E-state index contributed by atoms with van der Waals surface area (Å²) in [7, 11) is 0. The number of thioether (sulfide) groups is 1. The number of carbonyl (C=O) groups excluding carboxylic acids is 2. The summed E-state index contributed by atoms with van der Waals surface area (Å²) in [5, 5.41) is 4.05. The van der Waals surface area contributed by atoms with Crippen LogP contribution in [-0.4, -0.2) is 22.1 Å². The zero-order valence-electron chi connectivity index (χ0n) is 13.2. The van der Waals surface area contributed by atoms with Gasteiger partial charge in [-0.05, 0) is 18.2 Å². The van der Waals surface area contributed by atoms with Crippen LogP contribution in [0.1, 0.15) is 26.5 Å². The van der Waals surface area contributed by atoms with Gasteiger partial charge in [0.05, 0.1) is 10.8 Å². The molecule has 0 saturated carbocycles. The largest absolute Gasteiger partial charge is 0.396 e. The third-order valence-electron chi connectivity index (χ3n) is 3.30. The van der Waals surface area contributed by atoms with Gasteiger partial charge in [0.1, 0.15) is 10.4 Å². The van der Waals surface area contributed by atoms with Crippen LogP contribution in [0.25, 0.3) is 17.2 Å². The van der Waals surface area contributed by atoms with Crippen molar-refractivity contribution in [3.8, 4) is 0 Å². The molecule has 1 aromatic heterocycles. The third kappa shape index (κ3) is 5.84. The van der Waals surface area contributed by atoms with E-state index in [1.165, 1.54) is 23.1 Å². The van der Waals surface area contributed by atoms with Gasteiger partial charge in [-0.2, -0.15) is 0 Å². The summed E-state index contributed by atoms with van der Waals surface area (Å²) in [4.78, 5) is 27.7. The molecule has 2 aliphatic rings. The number of thiazole rings is 1. The predicted octanol–water partition coefficient (Wildman–Crippen LogP) is 0.688. The summed E-state index contributed by atoms with van der Waals surface area (Å²) < 4.78 is 1.54. The van der Waals surface area contributed by atoms with Crippen molar-refractivity contribution in [2.24, 2.45) is 0 Å². The molecule has 1 saturated heterocycles. The van der Waals surface area contributed by atoms with Crippen LogP contribution in [-0.2, 0) is 117 Å². The summed E-state index contributed by atoms with van der Waals surface area (Å²) in [6.07, 6.45) is 4.60. The molecule has 1 fully saturated rings. The van der Waals surface area contributed by atoms with Gasteiger partial charge in [0, 0.05) is 108 Å². The van der Waals surface area contributed by atoms with Gasteiger partial charge in [0.25, 0.3) is 0 Å². The number of hydrogen-bond donors (Lipinski definition) is 1. The van der Waals surface area contributed by atoms with Gasteiger partial charge in [-0.15, -0.1) is 29.1 Å². The summed E-state index contributed by atoms with van der Waals surface area (Å²) in [5.41, 5.74) is 0.765. The molecule has 3 rings (SSSR count). The van der Waals surface area contributed by atoms with E-state index >= 15 is 0 Å². The molecule has 122 valence electrons. The quantitative estimate of drug-likeness (QED) is 0.423. The molecular weight excluding hydrogens is 838 g/mol. The molecule has 1 unspecified atom stereocenters. The SMILES string of the molecule is CC(=O)C1(C)[CH-]SC(=c2nc3c(s2)=[C-]C(=O)C(C)=C3)N1.[W].[W].[Y].[Y]. The van der Waals surface area contributed by atoms with E-state index in [2.05, 4.69) is 16.4 Å². The summed E-state index contributed by atoms with van der Waals surface area (Å²) in [6.45, 7) is 5.16. The molecule has 4 nitrogen and oxygen atoms in total. The average Bonchev–Trinajstić information content (AvgIpc) is 2.95. The molecule has 1 aromatic rings. The van der Waals surface area contributed by atoms with E-state index in [0.717, 1.165) is 19.9 Å². The first-order valence-corrected chi connectivity index (χ1v) is 7.77. The molecule has 2 radical (unpaired) electrons. The maximum atomic E-state index is 11.6. The third-order valence-corrected chi connectivity index (χ3v) is 5.56.